The van der Waals surface area contributed by atoms with Crippen LogP contribution < -0.4 is 0 Å². The van der Waals surface area contributed by atoms with Crippen LogP contribution in [0.15, 0.2) is 59.7 Å². The number of rotatable bonds is 2. The minimum absolute atomic E-state index is 0.0843. The maximum atomic E-state index is 12.6. The number of phenols is 1. The van der Waals surface area contributed by atoms with E-state index in [0.29, 0.717) is 28.7 Å². The van der Waals surface area contributed by atoms with Gasteiger partial charge in [0.05, 0.1) is 0 Å². The summed E-state index contributed by atoms with van der Waals surface area (Å²) in [6.07, 6.45) is 0.394. The van der Waals surface area contributed by atoms with Crippen molar-refractivity contribution in [1.82, 2.24) is 0 Å². The molecular weight excluding hydrogens is 264 g/mol. The molecule has 0 aliphatic heterocycles. The number of allylic oxidation sites excluding steroid dienone is 2. The summed E-state index contributed by atoms with van der Waals surface area (Å²) in [6.45, 7) is 1.70. The standard InChI is InChI=1S/C18H14O3/c1-11-16(10-12-6-8-13(19)9-7-12)18(21)15-5-3-2-4-14(15)17(11)20/h2-9,19H,10H2,1H3. The van der Waals surface area contributed by atoms with Crippen molar-refractivity contribution in [2.75, 3.05) is 0 Å². The topological polar surface area (TPSA) is 54.4 Å². The van der Waals surface area contributed by atoms with Crippen molar-refractivity contribution >= 4 is 11.6 Å². The molecule has 0 saturated heterocycles. The number of benzene rings is 2. The molecule has 1 aliphatic rings. The lowest BCUT2D eigenvalue weighted by Crippen LogP contribution is -2.22. The normalized spacial score (nSPS) is 14.3. The van der Waals surface area contributed by atoms with Crippen LogP contribution in [0, 0.1) is 0 Å². The van der Waals surface area contributed by atoms with Gasteiger partial charge in [0.1, 0.15) is 5.75 Å². The van der Waals surface area contributed by atoms with Gasteiger partial charge < -0.3 is 5.11 Å². The first-order chi connectivity index (χ1) is 10.1. The van der Waals surface area contributed by atoms with Gasteiger partial charge in [-0.25, -0.2) is 0 Å². The molecule has 0 heterocycles. The first-order valence-corrected chi connectivity index (χ1v) is 6.74. The van der Waals surface area contributed by atoms with E-state index in [9.17, 15) is 14.7 Å². The minimum atomic E-state index is -0.0872. The quantitative estimate of drug-likeness (QED) is 0.916. The van der Waals surface area contributed by atoms with E-state index in [2.05, 4.69) is 0 Å². The fraction of sp³-hybridized carbons (Fsp3) is 0.111. The van der Waals surface area contributed by atoms with Crippen LogP contribution >= 0.6 is 0 Å². The van der Waals surface area contributed by atoms with Crippen LogP contribution in [0.5, 0.6) is 5.75 Å². The summed E-state index contributed by atoms with van der Waals surface area (Å²) >= 11 is 0. The van der Waals surface area contributed by atoms with E-state index in [4.69, 9.17) is 0 Å². The second kappa shape index (κ2) is 5.02. The summed E-state index contributed by atoms with van der Waals surface area (Å²) in [5.74, 6) is 0.00981. The molecule has 3 rings (SSSR count). The Labute approximate surface area is 122 Å². The van der Waals surface area contributed by atoms with Gasteiger partial charge in [0, 0.05) is 28.7 Å². The van der Waals surface area contributed by atoms with Crippen LogP contribution in [0.25, 0.3) is 0 Å². The van der Waals surface area contributed by atoms with E-state index < -0.39 is 0 Å². The lowest BCUT2D eigenvalue weighted by Gasteiger charge is -2.19. The molecule has 0 aromatic heterocycles. The Kier molecular flexibility index (Phi) is 3.18. The Balaban J connectivity index is 2.02. The maximum absolute atomic E-state index is 12.6. The predicted molar refractivity (Wildman–Crippen MR) is 79.6 cm³/mol. The summed E-state index contributed by atoms with van der Waals surface area (Å²) in [7, 11) is 0. The molecule has 3 heteroatoms. The van der Waals surface area contributed by atoms with E-state index in [1.165, 1.54) is 0 Å². The molecule has 0 radical (unpaired) electrons. The van der Waals surface area contributed by atoms with Gasteiger partial charge >= 0.3 is 0 Å². The number of hydrogen-bond acceptors (Lipinski definition) is 3. The Bertz CT molecular complexity index is 767. The van der Waals surface area contributed by atoms with Crippen molar-refractivity contribution in [2.45, 2.75) is 13.3 Å². The number of fused-ring (bicyclic) bond motifs is 1. The van der Waals surface area contributed by atoms with Gasteiger partial charge in [-0.15, -0.1) is 0 Å². The molecule has 0 fully saturated rings. The van der Waals surface area contributed by atoms with Gasteiger partial charge in [-0.05, 0) is 24.6 Å². The van der Waals surface area contributed by atoms with Gasteiger partial charge in [-0.1, -0.05) is 36.4 Å². The fourth-order valence-corrected chi connectivity index (χ4v) is 2.58. The van der Waals surface area contributed by atoms with Crippen LogP contribution in [0.1, 0.15) is 33.2 Å². The Morgan fingerprint density at radius 3 is 2.05 bits per heavy atom. The molecule has 1 aliphatic carbocycles. The average Bonchev–Trinajstić information content (AvgIpc) is 2.51. The zero-order chi connectivity index (χ0) is 15.0. The van der Waals surface area contributed by atoms with Gasteiger partial charge in [0.25, 0.3) is 0 Å². The summed E-state index contributed by atoms with van der Waals surface area (Å²) in [5.41, 5.74) is 2.88. The molecule has 104 valence electrons. The van der Waals surface area contributed by atoms with Crippen molar-refractivity contribution in [3.8, 4) is 5.75 Å². The Morgan fingerprint density at radius 2 is 1.43 bits per heavy atom. The molecule has 2 aromatic rings. The molecule has 1 N–H and O–H groups in total. The maximum Gasteiger partial charge on any atom is 0.190 e. The van der Waals surface area contributed by atoms with Gasteiger partial charge in [-0.2, -0.15) is 0 Å². The smallest absolute Gasteiger partial charge is 0.190 e. The third-order valence-corrected chi connectivity index (χ3v) is 3.80. The van der Waals surface area contributed by atoms with Crippen molar-refractivity contribution in [2.24, 2.45) is 0 Å². The van der Waals surface area contributed by atoms with Crippen molar-refractivity contribution < 1.29 is 14.7 Å². The second-order valence-electron chi connectivity index (χ2n) is 5.15. The number of hydrogen-bond donors (Lipinski definition) is 1. The molecule has 0 saturated carbocycles. The highest BCUT2D eigenvalue weighted by molar-refractivity contribution is 6.26. The number of Topliss-reactive ketones (excluding diaryl/α,β-unsaturated/α-hetero) is 2. The summed E-state index contributed by atoms with van der Waals surface area (Å²) in [4.78, 5) is 25.0. The number of ketones is 2. The van der Waals surface area contributed by atoms with Crippen LogP contribution in [0.2, 0.25) is 0 Å². The van der Waals surface area contributed by atoms with E-state index in [1.807, 2.05) is 0 Å². The first kappa shape index (κ1) is 13.3. The molecule has 0 spiro atoms. The highest BCUT2D eigenvalue weighted by Gasteiger charge is 2.29. The van der Waals surface area contributed by atoms with Crippen molar-refractivity contribution in [3.05, 3.63) is 76.4 Å². The summed E-state index contributed by atoms with van der Waals surface area (Å²) in [5, 5.41) is 9.31. The zero-order valence-corrected chi connectivity index (χ0v) is 11.6. The Hall–Kier alpha value is -2.68. The zero-order valence-electron chi connectivity index (χ0n) is 11.6. The van der Waals surface area contributed by atoms with E-state index in [0.717, 1.165) is 5.56 Å². The van der Waals surface area contributed by atoms with E-state index >= 15 is 0 Å². The van der Waals surface area contributed by atoms with Crippen molar-refractivity contribution in [1.29, 1.82) is 0 Å². The molecule has 3 nitrogen and oxygen atoms in total. The van der Waals surface area contributed by atoms with Crippen molar-refractivity contribution in [3.63, 3.8) is 0 Å². The van der Waals surface area contributed by atoms with Gasteiger partial charge in [-0.3, -0.25) is 9.59 Å². The molecule has 0 bridgehead atoms. The molecule has 0 amide bonds. The van der Waals surface area contributed by atoms with Crippen LogP contribution in [-0.4, -0.2) is 16.7 Å². The molecule has 2 aromatic carbocycles. The number of phenolic OH excluding ortho intramolecular Hbond substituents is 1. The molecule has 21 heavy (non-hydrogen) atoms. The summed E-state index contributed by atoms with van der Waals surface area (Å²) < 4.78 is 0. The number of carbonyl (C=O) groups excluding carboxylic acids is 2. The van der Waals surface area contributed by atoms with Crippen LogP contribution in [0.4, 0.5) is 0 Å². The van der Waals surface area contributed by atoms with Gasteiger partial charge in [0.15, 0.2) is 11.6 Å². The molecule has 0 unspecified atom stereocenters. The second-order valence-corrected chi connectivity index (χ2v) is 5.15. The average molecular weight is 278 g/mol. The molecular formula is C18H14O3. The minimum Gasteiger partial charge on any atom is -0.508 e. The van der Waals surface area contributed by atoms with Gasteiger partial charge in [0.2, 0.25) is 0 Å². The number of carbonyl (C=O) groups is 2. The molecule has 0 atom stereocenters. The number of aromatic hydroxyl groups is 1. The predicted octanol–water partition coefficient (Wildman–Crippen LogP) is 3.33. The third-order valence-electron chi connectivity index (χ3n) is 3.80. The highest BCUT2D eigenvalue weighted by Crippen LogP contribution is 2.28. The van der Waals surface area contributed by atoms with E-state index in [1.54, 1.807) is 55.5 Å². The summed E-state index contributed by atoms with van der Waals surface area (Å²) in [6, 6.07) is 13.6. The van der Waals surface area contributed by atoms with E-state index in [-0.39, 0.29) is 17.3 Å². The lowest BCUT2D eigenvalue weighted by atomic mass is 9.82. The van der Waals surface area contributed by atoms with Crippen LogP contribution in [0.3, 0.4) is 0 Å². The first-order valence-electron chi connectivity index (χ1n) is 6.74. The lowest BCUT2D eigenvalue weighted by molar-refractivity contribution is 0.0973. The largest absolute Gasteiger partial charge is 0.508 e. The highest BCUT2D eigenvalue weighted by atomic mass is 16.3. The SMILES string of the molecule is CC1=C(Cc2ccc(O)cc2)C(=O)c2ccccc2C1=O. The fourth-order valence-electron chi connectivity index (χ4n) is 2.58. The monoisotopic (exact) mass is 278 g/mol. The third kappa shape index (κ3) is 2.27. The Morgan fingerprint density at radius 1 is 0.857 bits per heavy atom. The van der Waals surface area contributed by atoms with Crippen LogP contribution in [-0.2, 0) is 6.42 Å².